The van der Waals surface area contributed by atoms with Gasteiger partial charge in [-0.1, -0.05) is 47.5 Å². The number of anilines is 1. The van der Waals surface area contributed by atoms with Crippen LogP contribution in [0, 0.1) is 24.4 Å². The van der Waals surface area contributed by atoms with Crippen LogP contribution in [0.15, 0.2) is 71.7 Å². The van der Waals surface area contributed by atoms with E-state index in [1.165, 1.54) is 10.8 Å². The van der Waals surface area contributed by atoms with Gasteiger partial charge in [-0.2, -0.15) is 5.10 Å². The summed E-state index contributed by atoms with van der Waals surface area (Å²) in [5.74, 6) is -1.25. The molecule has 2 atom stereocenters. The molecular weight excluding hydrogens is 622 g/mol. The Labute approximate surface area is 274 Å². The molecule has 0 amide bonds. The molecule has 0 spiro atoms. The fraction of sp³-hybridized carbons (Fsp3) is 0.314. The molecule has 242 valence electrons. The number of benzene rings is 3. The third kappa shape index (κ3) is 5.98. The third-order valence-corrected chi connectivity index (χ3v) is 9.43. The summed E-state index contributed by atoms with van der Waals surface area (Å²) in [5, 5.41) is 14.5. The molecule has 1 N–H and O–H groups in total. The van der Waals surface area contributed by atoms with Gasteiger partial charge in [0.25, 0.3) is 0 Å². The summed E-state index contributed by atoms with van der Waals surface area (Å²) < 4.78 is 35.6. The number of carbonyl (C=O) groups is 1. The number of aromatic carboxylic acids is 1. The van der Waals surface area contributed by atoms with Gasteiger partial charge in [-0.25, -0.2) is 18.3 Å². The first-order valence-electron chi connectivity index (χ1n) is 15.6. The number of fused-ring (bicyclic) bond motifs is 1. The van der Waals surface area contributed by atoms with Crippen molar-refractivity contribution in [1.82, 2.24) is 23.8 Å². The summed E-state index contributed by atoms with van der Waals surface area (Å²) in [6, 6.07) is 18.6. The van der Waals surface area contributed by atoms with Gasteiger partial charge in [0.1, 0.15) is 17.6 Å². The predicted octanol–water partition coefficient (Wildman–Crippen LogP) is 5.96. The Bertz CT molecular complexity index is 2120. The van der Waals surface area contributed by atoms with Crippen molar-refractivity contribution in [3.8, 4) is 11.4 Å². The van der Waals surface area contributed by atoms with E-state index in [1.54, 1.807) is 6.07 Å². The number of carboxylic acids is 1. The predicted molar refractivity (Wildman–Crippen MR) is 179 cm³/mol. The first-order valence-corrected chi connectivity index (χ1v) is 16.0. The number of carboxylic acid groups (broad SMARTS) is 1. The standard InChI is InChI=1S/C35H34F2N6O3S/c1-21-12-22(2)14-24(13-21)33-38-43(35(47)42(33)18-23-6-4-3-5-7-23)20-39-8-10-40(11-9-39)30-17-29-25(15-27(30)36)32(44)26(34(45)46)19-41(29)31-16-28(31)37/h3-7,12-15,17,19,28,31H,8-11,16,18,20H2,1-2H3,(H,45,46)/t28-,31+/m0/s1. The molecule has 0 bridgehead atoms. The number of hydrogen-bond acceptors (Lipinski definition) is 6. The highest BCUT2D eigenvalue weighted by Crippen LogP contribution is 2.41. The molecule has 1 aliphatic heterocycles. The summed E-state index contributed by atoms with van der Waals surface area (Å²) >= 11 is 5.98. The van der Waals surface area contributed by atoms with E-state index in [9.17, 15) is 19.1 Å². The van der Waals surface area contributed by atoms with Crippen LogP contribution < -0.4 is 10.3 Å². The Morgan fingerprint density at radius 1 is 1.02 bits per heavy atom. The summed E-state index contributed by atoms with van der Waals surface area (Å²) in [6.45, 7) is 7.38. The second-order valence-electron chi connectivity index (χ2n) is 12.5. The molecule has 2 aromatic heterocycles. The maximum absolute atomic E-state index is 15.5. The summed E-state index contributed by atoms with van der Waals surface area (Å²) in [4.78, 5) is 28.7. The number of aromatic nitrogens is 4. The largest absolute Gasteiger partial charge is 0.477 e. The second-order valence-corrected chi connectivity index (χ2v) is 12.9. The zero-order valence-corrected chi connectivity index (χ0v) is 26.9. The van der Waals surface area contributed by atoms with Gasteiger partial charge in [0.2, 0.25) is 5.43 Å². The third-order valence-electron chi connectivity index (χ3n) is 9.00. The van der Waals surface area contributed by atoms with Crippen LogP contribution in [0.4, 0.5) is 14.5 Å². The number of aryl methyl sites for hydroxylation is 2. The molecule has 2 fully saturated rings. The minimum absolute atomic E-state index is 0.0658. The minimum Gasteiger partial charge on any atom is -0.477 e. The minimum atomic E-state index is -1.42. The highest BCUT2D eigenvalue weighted by molar-refractivity contribution is 7.71. The van der Waals surface area contributed by atoms with E-state index >= 15 is 4.39 Å². The van der Waals surface area contributed by atoms with Crippen LogP contribution >= 0.6 is 12.2 Å². The molecule has 0 unspecified atom stereocenters. The molecule has 7 rings (SSSR count). The lowest BCUT2D eigenvalue weighted by molar-refractivity contribution is 0.0694. The molecule has 0 radical (unpaired) electrons. The van der Waals surface area contributed by atoms with Crippen molar-refractivity contribution in [2.45, 2.75) is 45.7 Å². The lowest BCUT2D eigenvalue weighted by Crippen LogP contribution is -2.47. The van der Waals surface area contributed by atoms with E-state index in [2.05, 4.69) is 53.6 Å². The maximum atomic E-state index is 15.5. The Balaban J connectivity index is 1.15. The highest BCUT2D eigenvalue weighted by atomic mass is 32.1. The molecule has 3 heterocycles. The van der Waals surface area contributed by atoms with Crippen molar-refractivity contribution in [3.05, 3.63) is 110 Å². The Kier molecular flexibility index (Phi) is 8.01. The van der Waals surface area contributed by atoms with Gasteiger partial charge in [-0.15, -0.1) is 0 Å². The molecule has 2 aliphatic rings. The molecule has 1 aliphatic carbocycles. The van der Waals surface area contributed by atoms with Crippen molar-refractivity contribution < 1.29 is 18.7 Å². The van der Waals surface area contributed by atoms with E-state index in [0.717, 1.165) is 34.1 Å². The van der Waals surface area contributed by atoms with E-state index in [0.29, 0.717) is 55.4 Å². The molecule has 47 heavy (non-hydrogen) atoms. The van der Waals surface area contributed by atoms with E-state index in [4.69, 9.17) is 17.3 Å². The lowest BCUT2D eigenvalue weighted by Gasteiger charge is -2.36. The summed E-state index contributed by atoms with van der Waals surface area (Å²) in [6.07, 6.45) is 0.263. The average molecular weight is 657 g/mol. The molecule has 1 saturated heterocycles. The fourth-order valence-electron chi connectivity index (χ4n) is 6.55. The van der Waals surface area contributed by atoms with Crippen LogP contribution in [0.1, 0.15) is 39.5 Å². The van der Waals surface area contributed by atoms with Gasteiger partial charge in [-0.05, 0) is 55.9 Å². The molecule has 1 saturated carbocycles. The van der Waals surface area contributed by atoms with Crippen LogP contribution in [-0.2, 0) is 13.2 Å². The van der Waals surface area contributed by atoms with Gasteiger partial charge in [-0.3, -0.25) is 14.3 Å². The number of piperazine rings is 1. The first kappa shape index (κ1) is 30.9. The van der Waals surface area contributed by atoms with Crippen molar-refractivity contribution >= 4 is 34.8 Å². The van der Waals surface area contributed by atoms with Crippen LogP contribution in [-0.4, -0.2) is 67.2 Å². The highest BCUT2D eigenvalue weighted by Gasteiger charge is 2.40. The monoisotopic (exact) mass is 656 g/mol. The number of pyridine rings is 1. The van der Waals surface area contributed by atoms with E-state index in [-0.39, 0.29) is 11.8 Å². The normalized spacial score (nSPS) is 18.2. The molecular formula is C35H34F2N6O3S. The quantitative estimate of drug-likeness (QED) is 0.206. The van der Waals surface area contributed by atoms with Crippen molar-refractivity contribution in [2.24, 2.45) is 0 Å². The van der Waals surface area contributed by atoms with Crippen LogP contribution in [0.3, 0.4) is 0 Å². The number of rotatable bonds is 8. The van der Waals surface area contributed by atoms with Gasteiger partial charge >= 0.3 is 5.97 Å². The average Bonchev–Trinajstić information content (AvgIpc) is 3.70. The number of hydrogen-bond donors (Lipinski definition) is 1. The Hall–Kier alpha value is -4.68. The number of alkyl halides is 1. The van der Waals surface area contributed by atoms with Gasteiger partial charge < -0.3 is 14.6 Å². The van der Waals surface area contributed by atoms with Crippen molar-refractivity contribution in [2.75, 3.05) is 31.1 Å². The molecule has 3 aromatic carbocycles. The smallest absolute Gasteiger partial charge is 0.341 e. The van der Waals surface area contributed by atoms with Gasteiger partial charge in [0.15, 0.2) is 10.6 Å². The fourth-order valence-corrected chi connectivity index (χ4v) is 6.80. The van der Waals surface area contributed by atoms with Gasteiger partial charge in [0.05, 0.1) is 30.5 Å². The van der Waals surface area contributed by atoms with Crippen LogP contribution in [0.25, 0.3) is 22.3 Å². The second kappa shape index (κ2) is 12.2. The van der Waals surface area contributed by atoms with Crippen LogP contribution in [0.5, 0.6) is 0 Å². The topological polar surface area (TPSA) is 88.5 Å². The SMILES string of the molecule is Cc1cc(C)cc(-c2nn(CN3CCN(c4cc5c(cc4F)c(=O)c(C(=O)O)cn5[C@@H]4C[C@@H]4F)CC3)c(=S)n2Cc2ccccc2)c1. The van der Waals surface area contributed by atoms with Crippen molar-refractivity contribution in [3.63, 3.8) is 0 Å². The number of nitrogens with zero attached hydrogens (tertiary/aromatic N) is 6. The Morgan fingerprint density at radius 3 is 2.34 bits per heavy atom. The lowest BCUT2D eigenvalue weighted by atomic mass is 10.1. The Morgan fingerprint density at radius 2 is 1.70 bits per heavy atom. The molecule has 5 aromatic rings. The van der Waals surface area contributed by atoms with E-state index < -0.39 is 35.0 Å². The summed E-state index contributed by atoms with van der Waals surface area (Å²) in [7, 11) is 0. The number of halogens is 2. The van der Waals surface area contributed by atoms with E-state index in [1.807, 2.05) is 27.8 Å². The maximum Gasteiger partial charge on any atom is 0.341 e. The van der Waals surface area contributed by atoms with Crippen molar-refractivity contribution in [1.29, 1.82) is 0 Å². The zero-order valence-electron chi connectivity index (χ0n) is 26.1. The summed E-state index contributed by atoms with van der Waals surface area (Å²) in [5.41, 5.74) is 3.76. The molecule has 12 heteroatoms. The zero-order chi connectivity index (χ0) is 33.0. The van der Waals surface area contributed by atoms with Gasteiger partial charge in [0, 0.05) is 49.7 Å². The first-order chi connectivity index (χ1) is 22.6. The van der Waals surface area contributed by atoms with Crippen LogP contribution in [0.2, 0.25) is 0 Å². The molecule has 9 nitrogen and oxygen atoms in total.